The van der Waals surface area contributed by atoms with Gasteiger partial charge in [0.15, 0.2) is 0 Å². The second-order valence-electron chi connectivity index (χ2n) is 4.69. The molecule has 3 N–H and O–H groups in total. The third-order valence-electron chi connectivity index (χ3n) is 4.22. The van der Waals surface area contributed by atoms with Crippen molar-refractivity contribution >= 4 is 12.4 Å². The summed E-state index contributed by atoms with van der Waals surface area (Å²) in [5.41, 5.74) is -0.0556. The van der Waals surface area contributed by atoms with E-state index >= 15 is 0 Å². The smallest absolute Gasteiger partial charge is 0.0506 e. The zero-order valence-corrected chi connectivity index (χ0v) is 9.28. The molecule has 1 aliphatic carbocycles. The van der Waals surface area contributed by atoms with Gasteiger partial charge in [-0.15, -0.1) is 12.4 Å². The number of rotatable bonds is 2. The fourth-order valence-electron chi connectivity index (χ4n) is 3.16. The van der Waals surface area contributed by atoms with Crippen LogP contribution in [0.25, 0.3) is 0 Å². The molecule has 4 heteroatoms. The van der Waals surface area contributed by atoms with Gasteiger partial charge in [0.2, 0.25) is 0 Å². The van der Waals surface area contributed by atoms with Crippen LogP contribution in [0.4, 0.5) is 0 Å². The number of fused-ring (bicyclic) bond motifs is 1. The van der Waals surface area contributed by atoms with Crippen LogP contribution in [0.5, 0.6) is 0 Å². The summed E-state index contributed by atoms with van der Waals surface area (Å²) >= 11 is 0. The van der Waals surface area contributed by atoms with E-state index in [1.54, 1.807) is 0 Å². The SMILES string of the molecule is Cl.OC[C@@]12CCCC[C@]1(CO)CNC2. The first-order chi connectivity index (χ1) is 6.29. The summed E-state index contributed by atoms with van der Waals surface area (Å²) in [5, 5.41) is 22.3. The normalized spacial score (nSPS) is 41.6. The van der Waals surface area contributed by atoms with Crippen LogP contribution in [0.1, 0.15) is 25.7 Å². The summed E-state index contributed by atoms with van der Waals surface area (Å²) in [6, 6.07) is 0. The molecule has 2 atom stereocenters. The van der Waals surface area contributed by atoms with E-state index in [4.69, 9.17) is 0 Å². The van der Waals surface area contributed by atoms with Crippen LogP contribution < -0.4 is 5.32 Å². The number of halogens is 1. The molecule has 1 saturated carbocycles. The van der Waals surface area contributed by atoms with Crippen LogP contribution in [-0.2, 0) is 0 Å². The average molecular weight is 222 g/mol. The van der Waals surface area contributed by atoms with Gasteiger partial charge in [-0.3, -0.25) is 0 Å². The van der Waals surface area contributed by atoms with Crippen molar-refractivity contribution in [2.24, 2.45) is 10.8 Å². The Kier molecular flexibility index (Phi) is 3.81. The lowest BCUT2D eigenvalue weighted by Crippen LogP contribution is -2.48. The minimum absolute atomic E-state index is 0. The van der Waals surface area contributed by atoms with E-state index in [-0.39, 0.29) is 36.5 Å². The molecule has 1 heterocycles. The maximum Gasteiger partial charge on any atom is 0.0506 e. The van der Waals surface area contributed by atoms with Gasteiger partial charge in [-0.1, -0.05) is 12.8 Å². The molecule has 0 unspecified atom stereocenters. The van der Waals surface area contributed by atoms with E-state index in [1.807, 2.05) is 0 Å². The highest BCUT2D eigenvalue weighted by molar-refractivity contribution is 5.85. The van der Waals surface area contributed by atoms with Gasteiger partial charge in [0, 0.05) is 23.9 Å². The van der Waals surface area contributed by atoms with Gasteiger partial charge in [-0.25, -0.2) is 0 Å². The standard InChI is InChI=1S/C10H19NO2.ClH/c12-7-9-3-1-2-4-10(9,8-13)6-11-5-9;/h11-13H,1-8H2;1H/t9-,10+;. The first-order valence-corrected chi connectivity index (χ1v) is 5.21. The van der Waals surface area contributed by atoms with Gasteiger partial charge in [0.25, 0.3) is 0 Å². The van der Waals surface area contributed by atoms with Crippen LogP contribution in [0.3, 0.4) is 0 Å². The Morgan fingerprint density at radius 3 is 1.71 bits per heavy atom. The Bertz CT molecular complexity index is 183. The summed E-state index contributed by atoms with van der Waals surface area (Å²) < 4.78 is 0. The zero-order valence-electron chi connectivity index (χ0n) is 8.46. The minimum atomic E-state index is -0.0278. The van der Waals surface area contributed by atoms with Crippen molar-refractivity contribution in [3.8, 4) is 0 Å². The van der Waals surface area contributed by atoms with Crippen LogP contribution in [0.15, 0.2) is 0 Å². The fourth-order valence-corrected chi connectivity index (χ4v) is 3.16. The lowest BCUT2D eigenvalue weighted by Gasteiger charge is -2.46. The van der Waals surface area contributed by atoms with Crippen molar-refractivity contribution < 1.29 is 10.2 Å². The molecule has 0 amide bonds. The van der Waals surface area contributed by atoms with Crippen molar-refractivity contribution in [1.82, 2.24) is 5.32 Å². The predicted molar refractivity (Wildman–Crippen MR) is 57.6 cm³/mol. The second-order valence-corrected chi connectivity index (χ2v) is 4.69. The number of aliphatic hydroxyl groups is 2. The summed E-state index contributed by atoms with van der Waals surface area (Å²) in [7, 11) is 0. The number of hydrogen-bond donors (Lipinski definition) is 3. The first kappa shape index (κ1) is 12.2. The Morgan fingerprint density at radius 2 is 1.36 bits per heavy atom. The molecule has 0 bridgehead atoms. The molecule has 0 aromatic carbocycles. The second kappa shape index (κ2) is 4.35. The molecule has 2 fully saturated rings. The third-order valence-corrected chi connectivity index (χ3v) is 4.22. The number of hydrogen-bond acceptors (Lipinski definition) is 3. The molecule has 0 aromatic rings. The van der Waals surface area contributed by atoms with Crippen LogP contribution in [0, 0.1) is 10.8 Å². The summed E-state index contributed by atoms with van der Waals surface area (Å²) in [6.45, 7) is 2.20. The van der Waals surface area contributed by atoms with Crippen LogP contribution in [0.2, 0.25) is 0 Å². The van der Waals surface area contributed by atoms with Gasteiger partial charge in [0.1, 0.15) is 0 Å². The minimum Gasteiger partial charge on any atom is -0.396 e. The molecule has 2 rings (SSSR count). The van der Waals surface area contributed by atoms with E-state index in [2.05, 4.69) is 5.32 Å². The first-order valence-electron chi connectivity index (χ1n) is 5.21. The van der Waals surface area contributed by atoms with Crippen molar-refractivity contribution in [2.75, 3.05) is 26.3 Å². The molecule has 1 saturated heterocycles. The lowest BCUT2D eigenvalue weighted by atomic mass is 9.58. The molecule has 0 spiro atoms. The fraction of sp³-hybridized carbons (Fsp3) is 1.00. The molecule has 1 aliphatic heterocycles. The van der Waals surface area contributed by atoms with E-state index in [0.29, 0.717) is 0 Å². The van der Waals surface area contributed by atoms with Crippen LogP contribution >= 0.6 is 12.4 Å². The summed E-state index contributed by atoms with van der Waals surface area (Å²) in [5.74, 6) is 0. The van der Waals surface area contributed by atoms with Crippen molar-refractivity contribution in [1.29, 1.82) is 0 Å². The zero-order chi connectivity index (χ0) is 9.36. The van der Waals surface area contributed by atoms with E-state index in [0.717, 1.165) is 25.9 Å². The van der Waals surface area contributed by atoms with Crippen molar-refractivity contribution in [2.45, 2.75) is 25.7 Å². The molecular weight excluding hydrogens is 202 g/mol. The average Bonchev–Trinajstić information content (AvgIpc) is 2.58. The molecule has 14 heavy (non-hydrogen) atoms. The monoisotopic (exact) mass is 221 g/mol. The van der Waals surface area contributed by atoms with E-state index in [9.17, 15) is 10.2 Å². The van der Waals surface area contributed by atoms with Gasteiger partial charge >= 0.3 is 0 Å². The Morgan fingerprint density at radius 1 is 0.929 bits per heavy atom. The highest BCUT2D eigenvalue weighted by atomic mass is 35.5. The van der Waals surface area contributed by atoms with Crippen LogP contribution in [-0.4, -0.2) is 36.5 Å². The highest BCUT2D eigenvalue weighted by Crippen LogP contribution is 2.52. The molecule has 2 aliphatic rings. The highest BCUT2D eigenvalue weighted by Gasteiger charge is 2.54. The number of nitrogens with one attached hydrogen (secondary N) is 1. The topological polar surface area (TPSA) is 52.5 Å². The lowest BCUT2D eigenvalue weighted by molar-refractivity contribution is -0.0490. The molecule has 84 valence electrons. The Balaban J connectivity index is 0.000000980. The third kappa shape index (κ3) is 1.47. The van der Waals surface area contributed by atoms with Gasteiger partial charge in [-0.2, -0.15) is 0 Å². The molecular formula is C10H20ClNO2. The van der Waals surface area contributed by atoms with Crippen molar-refractivity contribution in [3.05, 3.63) is 0 Å². The van der Waals surface area contributed by atoms with E-state index in [1.165, 1.54) is 12.8 Å². The quantitative estimate of drug-likeness (QED) is 0.638. The van der Waals surface area contributed by atoms with Gasteiger partial charge in [-0.05, 0) is 12.8 Å². The summed E-state index contributed by atoms with van der Waals surface area (Å²) in [6.07, 6.45) is 4.53. The Labute approximate surface area is 91.3 Å². The van der Waals surface area contributed by atoms with Gasteiger partial charge in [0.05, 0.1) is 13.2 Å². The summed E-state index contributed by atoms with van der Waals surface area (Å²) in [4.78, 5) is 0. The Hall–Kier alpha value is 0.170. The number of aliphatic hydroxyl groups excluding tert-OH is 2. The molecule has 0 aromatic heterocycles. The predicted octanol–water partition coefficient (Wildman–Crippen LogP) is 0.543. The van der Waals surface area contributed by atoms with E-state index < -0.39 is 0 Å². The molecule has 3 nitrogen and oxygen atoms in total. The maximum absolute atomic E-state index is 9.50. The van der Waals surface area contributed by atoms with Crippen molar-refractivity contribution in [3.63, 3.8) is 0 Å². The molecule has 0 radical (unpaired) electrons. The largest absolute Gasteiger partial charge is 0.396 e. The van der Waals surface area contributed by atoms with Gasteiger partial charge < -0.3 is 15.5 Å². The maximum atomic E-state index is 9.50.